The van der Waals surface area contributed by atoms with Crippen molar-refractivity contribution in [2.75, 3.05) is 18.8 Å². The van der Waals surface area contributed by atoms with Gasteiger partial charge in [0.2, 0.25) is 0 Å². The molecule has 1 aromatic heterocycles. The number of likely N-dealkylation sites (tertiary alicyclic amines) is 1. The number of anilines is 1. The van der Waals surface area contributed by atoms with Gasteiger partial charge in [-0.3, -0.25) is 4.90 Å². The second-order valence-electron chi connectivity index (χ2n) is 3.01. The molecule has 2 rings (SSSR count). The summed E-state index contributed by atoms with van der Waals surface area (Å²) in [6.45, 7) is 2.42. The second kappa shape index (κ2) is 3.01. The Labute approximate surface area is 74.6 Å². The number of β-amino-alcohol motifs (C(OH)–C–C–N with tert-alkyl or cyclic N) is 1. The number of aromatic nitrogens is 1. The van der Waals surface area contributed by atoms with Crippen molar-refractivity contribution < 1.29 is 5.11 Å². The van der Waals surface area contributed by atoms with Crippen LogP contribution >= 0.6 is 11.3 Å². The molecule has 0 aromatic carbocycles. The van der Waals surface area contributed by atoms with E-state index in [-0.39, 0.29) is 6.10 Å². The first-order chi connectivity index (χ1) is 5.74. The van der Waals surface area contributed by atoms with Gasteiger partial charge in [0.25, 0.3) is 0 Å². The van der Waals surface area contributed by atoms with Crippen molar-refractivity contribution in [3.63, 3.8) is 0 Å². The number of nitrogen functional groups attached to an aromatic ring is 1. The van der Waals surface area contributed by atoms with Crippen LogP contribution in [0.15, 0.2) is 6.20 Å². The standard InChI is InChI=1S/C7H11N3OS/c8-7-9-1-6(12-7)4-10-2-5(11)3-10/h1,5,11H,2-4H2,(H2,8,9). The Morgan fingerprint density at radius 3 is 3.00 bits per heavy atom. The number of nitrogens with two attached hydrogens (primary N) is 1. The Bertz CT molecular complexity index is 269. The summed E-state index contributed by atoms with van der Waals surface area (Å²) in [5, 5.41) is 9.64. The van der Waals surface area contributed by atoms with E-state index in [9.17, 15) is 0 Å². The van der Waals surface area contributed by atoms with Gasteiger partial charge in [0.15, 0.2) is 5.13 Å². The number of hydrogen-bond donors (Lipinski definition) is 2. The summed E-state index contributed by atoms with van der Waals surface area (Å²) in [6, 6.07) is 0. The van der Waals surface area contributed by atoms with Crippen molar-refractivity contribution in [1.29, 1.82) is 0 Å². The van der Waals surface area contributed by atoms with Gasteiger partial charge in [0.1, 0.15) is 0 Å². The van der Waals surface area contributed by atoms with Crippen LogP contribution in [0.4, 0.5) is 5.13 Å². The van der Waals surface area contributed by atoms with Crippen LogP contribution < -0.4 is 5.73 Å². The number of nitrogens with zero attached hydrogens (tertiary/aromatic N) is 2. The summed E-state index contributed by atoms with van der Waals surface area (Å²) in [7, 11) is 0. The monoisotopic (exact) mass is 185 g/mol. The maximum Gasteiger partial charge on any atom is 0.180 e. The summed E-state index contributed by atoms with van der Waals surface area (Å²) in [6.07, 6.45) is 1.67. The van der Waals surface area contributed by atoms with Crippen molar-refractivity contribution in [2.24, 2.45) is 0 Å². The van der Waals surface area contributed by atoms with Gasteiger partial charge in [-0.25, -0.2) is 4.98 Å². The molecule has 0 unspecified atom stereocenters. The highest BCUT2D eigenvalue weighted by atomic mass is 32.1. The first-order valence-corrected chi connectivity index (χ1v) is 4.66. The Kier molecular flexibility index (Phi) is 2.00. The molecule has 1 aliphatic heterocycles. The van der Waals surface area contributed by atoms with Gasteiger partial charge in [0, 0.05) is 30.7 Å². The Hall–Kier alpha value is -0.650. The minimum Gasteiger partial charge on any atom is -0.390 e. The van der Waals surface area contributed by atoms with Crippen LogP contribution in [0, 0.1) is 0 Å². The SMILES string of the molecule is Nc1ncc(CN2CC(O)C2)s1. The maximum absolute atomic E-state index is 9.02. The second-order valence-corrected chi connectivity index (χ2v) is 4.16. The van der Waals surface area contributed by atoms with Crippen LogP contribution in [0.1, 0.15) is 4.88 Å². The lowest BCUT2D eigenvalue weighted by molar-refractivity contribution is -0.00232. The molecule has 0 spiro atoms. The van der Waals surface area contributed by atoms with Gasteiger partial charge in [-0.1, -0.05) is 0 Å². The van der Waals surface area contributed by atoms with E-state index in [2.05, 4.69) is 9.88 Å². The lowest BCUT2D eigenvalue weighted by atomic mass is 10.2. The molecule has 2 heterocycles. The fourth-order valence-corrected chi connectivity index (χ4v) is 2.01. The van der Waals surface area contributed by atoms with Gasteiger partial charge in [-0.15, -0.1) is 11.3 Å². The molecule has 0 aliphatic carbocycles. The zero-order valence-electron chi connectivity index (χ0n) is 6.60. The van der Waals surface area contributed by atoms with Crippen molar-refractivity contribution in [1.82, 2.24) is 9.88 Å². The fraction of sp³-hybridized carbons (Fsp3) is 0.571. The van der Waals surface area contributed by atoms with Gasteiger partial charge in [-0.2, -0.15) is 0 Å². The molecule has 1 saturated heterocycles. The number of thiazole rings is 1. The molecule has 0 atom stereocenters. The number of hydrogen-bond acceptors (Lipinski definition) is 5. The van der Waals surface area contributed by atoms with Crippen LogP contribution in [0.2, 0.25) is 0 Å². The third-order valence-electron chi connectivity index (χ3n) is 1.89. The predicted octanol–water partition coefficient (Wildman–Crippen LogP) is -0.0982. The lowest BCUT2D eigenvalue weighted by Gasteiger charge is -2.35. The van der Waals surface area contributed by atoms with Crippen LogP contribution in [-0.4, -0.2) is 34.2 Å². The highest BCUT2D eigenvalue weighted by Gasteiger charge is 2.24. The van der Waals surface area contributed by atoms with E-state index in [1.807, 2.05) is 0 Å². The summed E-state index contributed by atoms with van der Waals surface area (Å²) < 4.78 is 0. The molecule has 3 N–H and O–H groups in total. The van der Waals surface area contributed by atoms with Crippen LogP contribution in [0.3, 0.4) is 0 Å². The van der Waals surface area contributed by atoms with E-state index < -0.39 is 0 Å². The third kappa shape index (κ3) is 1.57. The van der Waals surface area contributed by atoms with E-state index in [1.54, 1.807) is 6.20 Å². The van der Waals surface area contributed by atoms with Crippen molar-refractivity contribution in [3.8, 4) is 0 Å². The Morgan fingerprint density at radius 2 is 2.50 bits per heavy atom. The molecule has 0 bridgehead atoms. The Balaban J connectivity index is 1.88. The zero-order chi connectivity index (χ0) is 8.55. The molecule has 0 radical (unpaired) electrons. The molecule has 4 nitrogen and oxygen atoms in total. The first kappa shape index (κ1) is 7.97. The fourth-order valence-electron chi connectivity index (χ4n) is 1.29. The number of aliphatic hydroxyl groups is 1. The maximum atomic E-state index is 9.02. The Morgan fingerprint density at radius 1 is 1.75 bits per heavy atom. The minimum absolute atomic E-state index is 0.129. The molecule has 0 saturated carbocycles. The smallest absolute Gasteiger partial charge is 0.180 e. The molecule has 0 amide bonds. The quantitative estimate of drug-likeness (QED) is 0.675. The number of aliphatic hydroxyl groups excluding tert-OH is 1. The molecule has 12 heavy (non-hydrogen) atoms. The van der Waals surface area contributed by atoms with E-state index >= 15 is 0 Å². The first-order valence-electron chi connectivity index (χ1n) is 3.84. The summed E-state index contributed by atoms with van der Waals surface area (Å²) >= 11 is 1.51. The largest absolute Gasteiger partial charge is 0.390 e. The van der Waals surface area contributed by atoms with Crippen molar-refractivity contribution in [2.45, 2.75) is 12.6 Å². The highest BCUT2D eigenvalue weighted by Crippen LogP contribution is 2.19. The van der Waals surface area contributed by atoms with E-state index in [0.717, 1.165) is 19.6 Å². The number of rotatable bonds is 2. The molecule has 1 aromatic rings. The average molecular weight is 185 g/mol. The molecule has 5 heteroatoms. The molecule has 66 valence electrons. The normalized spacial score (nSPS) is 19.4. The average Bonchev–Trinajstić information content (AvgIpc) is 2.33. The molecule has 1 fully saturated rings. The topological polar surface area (TPSA) is 62.4 Å². The van der Waals surface area contributed by atoms with Gasteiger partial charge >= 0.3 is 0 Å². The lowest BCUT2D eigenvalue weighted by Crippen LogP contribution is -2.49. The van der Waals surface area contributed by atoms with Crippen LogP contribution in [0.25, 0.3) is 0 Å². The van der Waals surface area contributed by atoms with Gasteiger partial charge in [0.05, 0.1) is 6.10 Å². The molecular formula is C7H11N3OS. The predicted molar refractivity (Wildman–Crippen MR) is 47.8 cm³/mol. The highest BCUT2D eigenvalue weighted by molar-refractivity contribution is 7.15. The summed E-state index contributed by atoms with van der Waals surface area (Å²) in [5.41, 5.74) is 5.48. The van der Waals surface area contributed by atoms with Crippen LogP contribution in [0.5, 0.6) is 0 Å². The van der Waals surface area contributed by atoms with Gasteiger partial charge in [-0.05, 0) is 0 Å². The van der Waals surface area contributed by atoms with Gasteiger partial charge < -0.3 is 10.8 Å². The summed E-state index contributed by atoms with van der Waals surface area (Å²) in [5.74, 6) is 0. The van der Waals surface area contributed by atoms with Crippen molar-refractivity contribution >= 4 is 16.5 Å². The third-order valence-corrected chi connectivity index (χ3v) is 2.70. The summed E-state index contributed by atoms with van der Waals surface area (Å²) in [4.78, 5) is 7.28. The van der Waals surface area contributed by atoms with Crippen molar-refractivity contribution in [3.05, 3.63) is 11.1 Å². The van der Waals surface area contributed by atoms with Crippen LogP contribution in [-0.2, 0) is 6.54 Å². The van der Waals surface area contributed by atoms with E-state index in [1.165, 1.54) is 16.2 Å². The molecule has 1 aliphatic rings. The molecular weight excluding hydrogens is 174 g/mol. The van der Waals surface area contributed by atoms with E-state index in [0.29, 0.717) is 5.13 Å². The van der Waals surface area contributed by atoms with E-state index in [4.69, 9.17) is 10.8 Å². The zero-order valence-corrected chi connectivity index (χ0v) is 7.42. The minimum atomic E-state index is -0.129.